The van der Waals surface area contributed by atoms with E-state index in [1.807, 2.05) is 60.0 Å². The number of nitrogens with zero attached hydrogens (tertiary/aromatic N) is 5. The van der Waals surface area contributed by atoms with Gasteiger partial charge in [0.2, 0.25) is 5.91 Å². The lowest BCUT2D eigenvalue weighted by molar-refractivity contribution is -0.125. The Bertz CT molecular complexity index is 1610. The van der Waals surface area contributed by atoms with Crippen LogP contribution in [0.1, 0.15) is 19.8 Å². The van der Waals surface area contributed by atoms with Gasteiger partial charge in [-0.05, 0) is 55.8 Å². The average Bonchev–Trinajstić information content (AvgIpc) is 3.28. The second-order valence-corrected chi connectivity index (χ2v) is 11.6. The molecule has 4 N–H and O–H groups in total. The molecular formula is C26H29Cl2N7O4S. The maximum absolute atomic E-state index is 12.2. The molecule has 1 amide bonds. The minimum atomic E-state index is -3.67. The Kier molecular flexibility index (Phi) is 8.96. The number of likely N-dealkylation sites (N-methyl/N-ethyl adjacent to an activating group) is 1. The molecule has 0 atom stereocenters. The third-order valence-corrected chi connectivity index (χ3v) is 7.11. The summed E-state index contributed by atoms with van der Waals surface area (Å²) in [5.41, 5.74) is 8.01. The van der Waals surface area contributed by atoms with E-state index in [2.05, 4.69) is 20.2 Å². The van der Waals surface area contributed by atoms with Crippen LogP contribution >= 0.6 is 23.2 Å². The molecule has 0 radical (unpaired) electrons. The predicted molar refractivity (Wildman–Crippen MR) is 157 cm³/mol. The van der Waals surface area contributed by atoms with Crippen LogP contribution in [0.3, 0.4) is 0 Å². The molecular weight excluding hydrogens is 577 g/mol. The zero-order chi connectivity index (χ0) is 29.1. The van der Waals surface area contributed by atoms with E-state index in [4.69, 9.17) is 38.5 Å². The van der Waals surface area contributed by atoms with Crippen LogP contribution in [0.25, 0.3) is 28.2 Å². The number of rotatable bonds is 6. The maximum atomic E-state index is 12.2. The summed E-state index contributed by atoms with van der Waals surface area (Å²) in [6, 6.07) is 15.1. The Morgan fingerprint density at radius 3 is 2.30 bits per heavy atom. The lowest BCUT2D eigenvalue weighted by Crippen LogP contribution is -2.61. The number of benzene rings is 2. The molecule has 1 fully saturated rings. The number of amides is 1. The van der Waals surface area contributed by atoms with E-state index in [0.717, 1.165) is 11.3 Å². The zero-order valence-corrected chi connectivity index (χ0v) is 24.2. The topological polar surface area (TPSA) is 156 Å². The molecule has 0 spiro atoms. The molecule has 0 aliphatic carbocycles. The highest BCUT2D eigenvalue weighted by Gasteiger charge is 2.40. The third kappa shape index (κ3) is 6.53. The van der Waals surface area contributed by atoms with Crippen molar-refractivity contribution in [1.82, 2.24) is 24.8 Å². The molecule has 0 saturated carbocycles. The zero-order valence-electron chi connectivity index (χ0n) is 21.9. The van der Waals surface area contributed by atoms with Crippen molar-refractivity contribution >= 4 is 56.2 Å². The van der Waals surface area contributed by atoms with Crippen LogP contribution < -0.4 is 16.0 Å². The smallest absolute Gasteiger partial charge is 0.261 e. The molecule has 0 bridgehead atoms. The number of imidazole rings is 1. The van der Waals surface area contributed by atoms with Crippen molar-refractivity contribution in [2.75, 3.05) is 30.8 Å². The third-order valence-electron chi connectivity index (χ3n) is 6.53. The van der Waals surface area contributed by atoms with E-state index in [-0.39, 0.29) is 5.91 Å². The van der Waals surface area contributed by atoms with Crippen molar-refractivity contribution in [3.63, 3.8) is 0 Å². The number of carbonyl (C=O) groups excluding carboxylic acids is 1. The van der Waals surface area contributed by atoms with Crippen molar-refractivity contribution in [3.05, 3.63) is 64.9 Å². The number of anilines is 1. The second kappa shape index (κ2) is 12.1. The van der Waals surface area contributed by atoms with Gasteiger partial charge in [-0.15, -0.1) is 0 Å². The van der Waals surface area contributed by atoms with Gasteiger partial charge in [-0.25, -0.2) is 15.0 Å². The van der Waals surface area contributed by atoms with Gasteiger partial charge in [0.15, 0.2) is 17.0 Å². The second-order valence-electron chi connectivity index (χ2n) is 9.29. The molecule has 3 heterocycles. The van der Waals surface area contributed by atoms with Gasteiger partial charge in [-0.1, -0.05) is 42.3 Å². The fourth-order valence-corrected chi connectivity index (χ4v) is 5.06. The average molecular weight is 607 g/mol. The monoisotopic (exact) mass is 605 g/mol. The van der Waals surface area contributed by atoms with Crippen LogP contribution in [-0.4, -0.2) is 69.8 Å². The van der Waals surface area contributed by atoms with Crippen LogP contribution in [0.2, 0.25) is 10.0 Å². The molecule has 212 valence electrons. The first-order valence-electron chi connectivity index (χ1n) is 12.4. The molecule has 0 unspecified atom stereocenters. The molecule has 4 aromatic rings. The highest BCUT2D eigenvalue weighted by atomic mass is 35.5. The molecule has 2 aromatic carbocycles. The van der Waals surface area contributed by atoms with Gasteiger partial charge in [-0.2, -0.15) is 8.42 Å². The summed E-state index contributed by atoms with van der Waals surface area (Å²) >= 11 is 12.7. The standard InChI is InChI=1S/C25H25Cl2N7O.CH4O3S/c1-2-31-25(24(28)35)11-13-33(14-12-25)22-20-23(30-15-29-22)34(17-9-7-16(26)8-10-17)21(32-20)18-5-3-4-6-19(18)27;1-5(2,3)4/h3-10,15,31H,2,11-14H2,1H3,(H2,28,35);1H3,(H,2,3,4). The van der Waals surface area contributed by atoms with Gasteiger partial charge in [-0.3, -0.25) is 13.9 Å². The SMILES string of the molecule is CCNC1(C(N)=O)CCN(c2ncnc3c2nc(-c2ccccc2Cl)n3-c2ccc(Cl)cc2)CC1.CS(=O)(=O)O. The molecule has 40 heavy (non-hydrogen) atoms. The Balaban J connectivity index is 0.000000681. The lowest BCUT2D eigenvalue weighted by atomic mass is 9.86. The lowest BCUT2D eigenvalue weighted by Gasteiger charge is -2.40. The number of halogens is 2. The highest BCUT2D eigenvalue weighted by molar-refractivity contribution is 7.85. The van der Waals surface area contributed by atoms with Crippen molar-refractivity contribution < 1.29 is 17.8 Å². The highest BCUT2D eigenvalue weighted by Crippen LogP contribution is 2.36. The summed E-state index contributed by atoms with van der Waals surface area (Å²) in [5, 5.41) is 4.52. The van der Waals surface area contributed by atoms with Crippen molar-refractivity contribution in [2.24, 2.45) is 5.73 Å². The van der Waals surface area contributed by atoms with Gasteiger partial charge in [0.05, 0.1) is 11.3 Å². The van der Waals surface area contributed by atoms with Gasteiger partial charge in [0.25, 0.3) is 10.1 Å². The fraction of sp³-hybridized carbons (Fsp3) is 0.308. The van der Waals surface area contributed by atoms with Crippen LogP contribution in [0.4, 0.5) is 5.82 Å². The van der Waals surface area contributed by atoms with E-state index >= 15 is 0 Å². The number of primary amides is 1. The summed E-state index contributed by atoms with van der Waals surface area (Å²) in [6.45, 7) is 3.87. The molecule has 14 heteroatoms. The Hall–Kier alpha value is -3.29. The molecule has 1 saturated heterocycles. The fourth-order valence-electron chi connectivity index (χ4n) is 4.72. The number of hydrogen-bond donors (Lipinski definition) is 3. The first-order valence-corrected chi connectivity index (χ1v) is 15.0. The molecule has 2 aromatic heterocycles. The van der Waals surface area contributed by atoms with Gasteiger partial charge in [0.1, 0.15) is 17.7 Å². The molecule has 1 aliphatic rings. The first kappa shape index (κ1) is 29.7. The van der Waals surface area contributed by atoms with Crippen LogP contribution in [-0.2, 0) is 14.9 Å². The Morgan fingerprint density at radius 2 is 1.73 bits per heavy atom. The number of hydrogen-bond acceptors (Lipinski definition) is 8. The Labute approximate surface area is 242 Å². The maximum Gasteiger partial charge on any atom is 0.261 e. The van der Waals surface area contributed by atoms with E-state index in [9.17, 15) is 13.2 Å². The minimum absolute atomic E-state index is 0.320. The van der Waals surface area contributed by atoms with E-state index in [0.29, 0.717) is 71.6 Å². The largest absolute Gasteiger partial charge is 0.368 e. The van der Waals surface area contributed by atoms with Crippen LogP contribution in [0.5, 0.6) is 0 Å². The van der Waals surface area contributed by atoms with Gasteiger partial charge in [0, 0.05) is 29.4 Å². The summed E-state index contributed by atoms with van der Waals surface area (Å²) in [4.78, 5) is 28.5. The van der Waals surface area contributed by atoms with Crippen molar-refractivity contribution in [1.29, 1.82) is 0 Å². The quantitative estimate of drug-likeness (QED) is 0.278. The normalized spacial score (nSPS) is 15.0. The predicted octanol–water partition coefficient (Wildman–Crippen LogP) is 3.73. The Morgan fingerprint density at radius 1 is 1.10 bits per heavy atom. The number of carbonyl (C=O) groups is 1. The first-order chi connectivity index (χ1) is 18.9. The molecule has 1 aliphatic heterocycles. The number of nitrogens with one attached hydrogen (secondary N) is 1. The molecule has 5 rings (SSSR count). The molecule has 11 nitrogen and oxygen atoms in total. The van der Waals surface area contributed by atoms with Gasteiger partial charge >= 0.3 is 0 Å². The summed E-state index contributed by atoms with van der Waals surface area (Å²) in [5.74, 6) is 1.05. The van der Waals surface area contributed by atoms with Gasteiger partial charge < -0.3 is 16.0 Å². The van der Waals surface area contributed by atoms with Crippen molar-refractivity contribution in [3.8, 4) is 17.1 Å². The van der Waals surface area contributed by atoms with Crippen LogP contribution in [0.15, 0.2) is 54.9 Å². The summed E-state index contributed by atoms with van der Waals surface area (Å²) < 4.78 is 27.8. The van der Waals surface area contributed by atoms with Crippen LogP contribution in [0, 0.1) is 0 Å². The summed E-state index contributed by atoms with van der Waals surface area (Å²) in [6.07, 6.45) is 3.42. The van der Waals surface area contributed by atoms with E-state index in [1.54, 1.807) is 6.33 Å². The van der Waals surface area contributed by atoms with Crippen molar-refractivity contribution in [2.45, 2.75) is 25.3 Å². The number of aromatic nitrogens is 4. The van der Waals surface area contributed by atoms with E-state index in [1.165, 1.54) is 0 Å². The van der Waals surface area contributed by atoms with E-state index < -0.39 is 15.7 Å². The summed E-state index contributed by atoms with van der Waals surface area (Å²) in [7, 11) is -3.67. The number of nitrogens with two attached hydrogens (primary N) is 1. The minimum Gasteiger partial charge on any atom is -0.368 e. The number of piperidine rings is 1. The number of fused-ring (bicyclic) bond motifs is 1.